The number of aromatic amines is 2. The predicted octanol–water partition coefficient (Wildman–Crippen LogP) is 6.02. The number of nitrogens with zero attached hydrogens (tertiary/aromatic N) is 3. The first kappa shape index (κ1) is 25.3. The minimum absolute atomic E-state index is 0.246. The highest BCUT2D eigenvalue weighted by Gasteiger charge is 2.30. The van der Waals surface area contributed by atoms with Gasteiger partial charge in [0.25, 0.3) is 0 Å². The zero-order valence-electron chi connectivity index (χ0n) is 21.2. The Kier molecular flexibility index (Phi) is 7.87. The highest BCUT2D eigenvalue weighted by molar-refractivity contribution is 5.85. The third-order valence-electron chi connectivity index (χ3n) is 6.60. The first-order valence-electron chi connectivity index (χ1n) is 12.4. The molecular weight excluding hydrogens is 444 g/mol. The molecule has 7 heteroatoms. The molecule has 0 saturated carbocycles. The number of fused-ring (bicyclic) bond motifs is 4. The SMILES string of the molecule is CC1Cc2c([nH]c3ccccc23)CN1CC(C)(C)F.CN(CCCF)Cc1ccc2cn[nH]c2c1. The molecule has 3 heterocycles. The van der Waals surface area contributed by atoms with E-state index in [2.05, 4.69) is 74.4 Å². The van der Waals surface area contributed by atoms with Crippen molar-refractivity contribution < 1.29 is 8.78 Å². The summed E-state index contributed by atoms with van der Waals surface area (Å²) in [6.07, 6.45) is 3.41. The Bertz CT molecular complexity index is 1240. The molecule has 188 valence electrons. The molecule has 5 rings (SSSR count). The van der Waals surface area contributed by atoms with Gasteiger partial charge in [-0.3, -0.25) is 14.4 Å². The number of aromatic nitrogens is 3. The summed E-state index contributed by atoms with van der Waals surface area (Å²) in [5.41, 5.74) is 4.99. The molecule has 0 radical (unpaired) electrons. The summed E-state index contributed by atoms with van der Waals surface area (Å²) in [6, 6.07) is 15.0. The van der Waals surface area contributed by atoms with Crippen LogP contribution in [0.4, 0.5) is 8.78 Å². The van der Waals surface area contributed by atoms with Crippen molar-refractivity contribution in [1.82, 2.24) is 25.0 Å². The van der Waals surface area contributed by atoms with Crippen LogP contribution in [0.3, 0.4) is 0 Å². The normalized spacial score (nSPS) is 16.5. The minimum Gasteiger partial charge on any atom is -0.357 e. The molecule has 0 bridgehead atoms. The summed E-state index contributed by atoms with van der Waals surface area (Å²) in [4.78, 5) is 7.84. The summed E-state index contributed by atoms with van der Waals surface area (Å²) in [6.45, 7) is 8.19. The zero-order valence-corrected chi connectivity index (χ0v) is 21.2. The summed E-state index contributed by atoms with van der Waals surface area (Å²) in [5.74, 6) is 0. The molecular formula is C28H37F2N5. The van der Waals surface area contributed by atoms with Crippen LogP contribution in [0.25, 0.3) is 21.8 Å². The second-order valence-corrected chi connectivity index (χ2v) is 10.4. The maximum atomic E-state index is 13.9. The van der Waals surface area contributed by atoms with Crippen molar-refractivity contribution >= 4 is 21.8 Å². The molecule has 2 N–H and O–H groups in total. The third-order valence-corrected chi connectivity index (χ3v) is 6.60. The molecule has 0 fully saturated rings. The second kappa shape index (κ2) is 10.9. The first-order chi connectivity index (χ1) is 16.7. The molecule has 4 aromatic rings. The maximum absolute atomic E-state index is 13.9. The smallest absolute Gasteiger partial charge is 0.118 e. The lowest BCUT2D eigenvalue weighted by Crippen LogP contribution is -2.44. The fraction of sp³-hybridized carbons (Fsp3) is 0.464. The van der Waals surface area contributed by atoms with Gasteiger partial charge in [0, 0.05) is 54.2 Å². The summed E-state index contributed by atoms with van der Waals surface area (Å²) in [5, 5.41) is 9.37. The van der Waals surface area contributed by atoms with E-state index >= 15 is 0 Å². The molecule has 1 unspecified atom stereocenters. The Hall–Kier alpha value is -2.77. The molecule has 0 spiro atoms. The molecule has 0 aliphatic carbocycles. The van der Waals surface area contributed by atoms with Crippen LogP contribution in [-0.2, 0) is 19.5 Å². The molecule has 1 aliphatic rings. The van der Waals surface area contributed by atoms with Crippen molar-refractivity contribution in [3.8, 4) is 0 Å². The lowest BCUT2D eigenvalue weighted by molar-refractivity contribution is 0.0853. The third kappa shape index (κ3) is 6.47. The summed E-state index contributed by atoms with van der Waals surface area (Å²) < 4.78 is 25.9. The highest BCUT2D eigenvalue weighted by atomic mass is 19.1. The van der Waals surface area contributed by atoms with Crippen molar-refractivity contribution in [2.75, 3.05) is 26.8 Å². The van der Waals surface area contributed by atoms with Gasteiger partial charge in [0.1, 0.15) is 5.67 Å². The number of hydrogen-bond acceptors (Lipinski definition) is 3. The van der Waals surface area contributed by atoms with Crippen LogP contribution in [0.5, 0.6) is 0 Å². The van der Waals surface area contributed by atoms with Crippen LogP contribution in [0, 0.1) is 0 Å². The predicted molar refractivity (Wildman–Crippen MR) is 140 cm³/mol. The van der Waals surface area contributed by atoms with Crippen LogP contribution in [0.15, 0.2) is 48.7 Å². The van der Waals surface area contributed by atoms with Gasteiger partial charge in [0.15, 0.2) is 0 Å². The van der Waals surface area contributed by atoms with E-state index in [0.717, 1.165) is 37.0 Å². The first-order valence-corrected chi connectivity index (χ1v) is 12.4. The average molecular weight is 482 g/mol. The van der Waals surface area contributed by atoms with Gasteiger partial charge in [0.05, 0.1) is 18.4 Å². The fourth-order valence-electron chi connectivity index (χ4n) is 4.91. The average Bonchev–Trinajstić information content (AvgIpc) is 3.41. The van der Waals surface area contributed by atoms with E-state index in [4.69, 9.17) is 0 Å². The van der Waals surface area contributed by atoms with E-state index in [1.54, 1.807) is 13.8 Å². The molecule has 2 aromatic heterocycles. The molecule has 2 aromatic carbocycles. The Labute approximate surface area is 206 Å². The number of hydrogen-bond donors (Lipinski definition) is 2. The molecule has 1 atom stereocenters. The number of benzene rings is 2. The molecule has 35 heavy (non-hydrogen) atoms. The topological polar surface area (TPSA) is 51.0 Å². The van der Waals surface area contributed by atoms with Gasteiger partial charge in [-0.25, -0.2) is 4.39 Å². The van der Waals surface area contributed by atoms with Gasteiger partial charge in [-0.15, -0.1) is 0 Å². The number of halogens is 2. The van der Waals surface area contributed by atoms with E-state index < -0.39 is 5.67 Å². The number of para-hydroxylation sites is 1. The number of rotatable bonds is 7. The summed E-state index contributed by atoms with van der Waals surface area (Å²) >= 11 is 0. The van der Waals surface area contributed by atoms with E-state index in [9.17, 15) is 8.78 Å². The molecule has 0 amide bonds. The van der Waals surface area contributed by atoms with Crippen molar-refractivity contribution in [1.29, 1.82) is 0 Å². The Morgan fingerprint density at radius 1 is 1.17 bits per heavy atom. The van der Waals surface area contributed by atoms with Crippen LogP contribution in [0.1, 0.15) is 44.0 Å². The summed E-state index contributed by atoms with van der Waals surface area (Å²) in [7, 11) is 2.01. The van der Waals surface area contributed by atoms with Crippen LogP contribution in [-0.4, -0.2) is 63.5 Å². The number of alkyl halides is 2. The van der Waals surface area contributed by atoms with Gasteiger partial charge >= 0.3 is 0 Å². The van der Waals surface area contributed by atoms with Gasteiger partial charge < -0.3 is 9.88 Å². The molecule has 1 aliphatic heterocycles. The number of H-pyrrole nitrogens is 2. The van der Waals surface area contributed by atoms with Gasteiger partial charge in [-0.05, 0) is 63.9 Å². The quantitative estimate of drug-likeness (QED) is 0.340. The zero-order chi connectivity index (χ0) is 25.0. The van der Waals surface area contributed by atoms with Crippen LogP contribution < -0.4 is 0 Å². The van der Waals surface area contributed by atoms with Gasteiger partial charge in [-0.1, -0.05) is 30.3 Å². The standard InChI is InChI=1S/C16H21FN2.C12H16FN3/c1-11-8-13-12-6-4-5-7-14(12)18-15(13)9-19(11)10-16(2,3)17;1-16(6-2-5-13)9-10-3-4-11-8-14-15-12(11)7-10/h4-7,11,18H,8-10H2,1-3H3;3-4,7-8H,2,5-6,9H2,1H3,(H,14,15). The molecule has 5 nitrogen and oxygen atoms in total. The lowest BCUT2D eigenvalue weighted by Gasteiger charge is -2.36. The van der Waals surface area contributed by atoms with Crippen molar-refractivity contribution in [3.05, 3.63) is 65.5 Å². The molecule has 0 saturated heterocycles. The Morgan fingerprint density at radius 2 is 1.97 bits per heavy atom. The van der Waals surface area contributed by atoms with E-state index in [0.29, 0.717) is 19.0 Å². The Balaban J connectivity index is 0.000000168. The van der Waals surface area contributed by atoms with Crippen molar-refractivity contribution in [2.45, 2.75) is 58.4 Å². The van der Waals surface area contributed by atoms with Gasteiger partial charge in [0.2, 0.25) is 0 Å². The minimum atomic E-state index is -1.14. The Morgan fingerprint density at radius 3 is 2.74 bits per heavy atom. The maximum Gasteiger partial charge on any atom is 0.118 e. The van der Waals surface area contributed by atoms with Gasteiger partial charge in [-0.2, -0.15) is 5.10 Å². The largest absolute Gasteiger partial charge is 0.357 e. The van der Waals surface area contributed by atoms with E-state index in [1.165, 1.54) is 27.7 Å². The monoisotopic (exact) mass is 481 g/mol. The highest BCUT2D eigenvalue weighted by Crippen LogP contribution is 2.31. The lowest BCUT2D eigenvalue weighted by atomic mass is 9.96. The van der Waals surface area contributed by atoms with E-state index in [-0.39, 0.29) is 6.67 Å². The second-order valence-electron chi connectivity index (χ2n) is 10.4. The van der Waals surface area contributed by atoms with Crippen molar-refractivity contribution in [2.24, 2.45) is 0 Å². The van der Waals surface area contributed by atoms with Crippen LogP contribution >= 0.6 is 0 Å². The fourth-order valence-corrected chi connectivity index (χ4v) is 4.91. The van der Waals surface area contributed by atoms with Crippen molar-refractivity contribution in [3.63, 3.8) is 0 Å². The van der Waals surface area contributed by atoms with E-state index in [1.807, 2.05) is 13.2 Å². The van der Waals surface area contributed by atoms with Crippen LogP contribution in [0.2, 0.25) is 0 Å². The number of nitrogens with one attached hydrogen (secondary N) is 2.